The molecule has 0 amide bonds. The van der Waals surface area contributed by atoms with Gasteiger partial charge in [0.25, 0.3) is 0 Å². The van der Waals surface area contributed by atoms with Crippen molar-refractivity contribution < 1.29 is 0 Å². The average molecular weight is 206 g/mol. The zero-order valence-electron chi connectivity index (χ0n) is 9.69. The van der Waals surface area contributed by atoms with E-state index in [2.05, 4.69) is 35.0 Å². The Labute approximate surface area is 90.6 Å². The summed E-state index contributed by atoms with van der Waals surface area (Å²) < 4.78 is 1.95. The van der Waals surface area contributed by atoms with Crippen LogP contribution in [0.5, 0.6) is 0 Å². The Hall–Kier alpha value is -1.16. The molecule has 1 aromatic rings. The zero-order chi connectivity index (χ0) is 10.8. The Balaban J connectivity index is 2.25. The molecule has 1 aromatic heterocycles. The molecule has 4 heteroatoms. The molecule has 0 N–H and O–H groups in total. The molecular weight excluding hydrogens is 188 g/mol. The second kappa shape index (κ2) is 4.14. The summed E-state index contributed by atoms with van der Waals surface area (Å²) in [6, 6.07) is 0. The fraction of sp³-hybridized carbons (Fsp3) is 0.636. The SMILES string of the molecule is CCn1nc(C2=CCCN(C)C2)nc1C. The van der Waals surface area contributed by atoms with Crippen molar-refractivity contribution in [2.45, 2.75) is 26.8 Å². The molecular formula is C11H18N4. The first-order valence-electron chi connectivity index (χ1n) is 5.50. The fourth-order valence-electron chi connectivity index (χ4n) is 1.91. The smallest absolute Gasteiger partial charge is 0.178 e. The lowest BCUT2D eigenvalue weighted by atomic mass is 10.1. The lowest BCUT2D eigenvalue weighted by Gasteiger charge is -2.21. The molecule has 0 aliphatic carbocycles. The number of aryl methyl sites for hydroxylation is 2. The lowest BCUT2D eigenvalue weighted by molar-refractivity contribution is 0.372. The lowest BCUT2D eigenvalue weighted by Crippen LogP contribution is -2.25. The molecule has 0 saturated heterocycles. The van der Waals surface area contributed by atoms with Gasteiger partial charge in [0.15, 0.2) is 5.82 Å². The van der Waals surface area contributed by atoms with Crippen LogP contribution < -0.4 is 0 Å². The van der Waals surface area contributed by atoms with Crippen LogP contribution in [0, 0.1) is 6.92 Å². The van der Waals surface area contributed by atoms with Gasteiger partial charge in [0, 0.05) is 25.2 Å². The number of aromatic nitrogens is 3. The van der Waals surface area contributed by atoms with Gasteiger partial charge in [-0.3, -0.25) is 4.68 Å². The molecule has 4 nitrogen and oxygen atoms in total. The normalized spacial score (nSPS) is 17.9. The van der Waals surface area contributed by atoms with E-state index in [1.54, 1.807) is 0 Å². The first-order chi connectivity index (χ1) is 7.20. The molecule has 1 aliphatic rings. The van der Waals surface area contributed by atoms with E-state index in [4.69, 9.17) is 0 Å². The molecule has 0 fully saturated rings. The van der Waals surface area contributed by atoms with Crippen LogP contribution in [0.3, 0.4) is 0 Å². The van der Waals surface area contributed by atoms with Gasteiger partial charge >= 0.3 is 0 Å². The van der Waals surface area contributed by atoms with E-state index < -0.39 is 0 Å². The van der Waals surface area contributed by atoms with E-state index in [9.17, 15) is 0 Å². The second-order valence-corrected chi connectivity index (χ2v) is 4.05. The van der Waals surface area contributed by atoms with Gasteiger partial charge in [-0.1, -0.05) is 6.08 Å². The molecule has 0 bridgehead atoms. The molecule has 1 aliphatic heterocycles. The molecule has 0 aromatic carbocycles. The van der Waals surface area contributed by atoms with Crippen molar-refractivity contribution in [2.75, 3.05) is 20.1 Å². The summed E-state index contributed by atoms with van der Waals surface area (Å²) in [6.07, 6.45) is 3.36. The van der Waals surface area contributed by atoms with E-state index >= 15 is 0 Å². The fourth-order valence-corrected chi connectivity index (χ4v) is 1.91. The van der Waals surface area contributed by atoms with Crippen molar-refractivity contribution >= 4 is 5.57 Å². The second-order valence-electron chi connectivity index (χ2n) is 4.05. The maximum atomic E-state index is 4.50. The molecule has 0 saturated carbocycles. The van der Waals surface area contributed by atoms with Gasteiger partial charge in [-0.25, -0.2) is 4.98 Å². The van der Waals surface area contributed by atoms with E-state index in [1.807, 2.05) is 11.6 Å². The average Bonchev–Trinajstić information content (AvgIpc) is 2.60. The van der Waals surface area contributed by atoms with Crippen molar-refractivity contribution in [3.05, 3.63) is 17.7 Å². The molecule has 0 radical (unpaired) electrons. The van der Waals surface area contributed by atoms with Crippen molar-refractivity contribution in [3.63, 3.8) is 0 Å². The summed E-state index contributed by atoms with van der Waals surface area (Å²) in [5, 5.41) is 4.50. The van der Waals surface area contributed by atoms with Gasteiger partial charge in [-0.15, -0.1) is 0 Å². The molecule has 2 rings (SSSR count). The van der Waals surface area contributed by atoms with E-state index in [-0.39, 0.29) is 0 Å². The standard InChI is InChI=1S/C11H18N4/c1-4-15-9(2)12-11(13-15)10-6-5-7-14(3)8-10/h6H,4-5,7-8H2,1-3H3. The Kier molecular flexibility index (Phi) is 2.86. The third-order valence-electron chi connectivity index (χ3n) is 2.79. The Morgan fingerprint density at radius 1 is 1.47 bits per heavy atom. The number of rotatable bonds is 2. The first kappa shape index (κ1) is 10.4. The molecule has 0 spiro atoms. The molecule has 0 atom stereocenters. The van der Waals surface area contributed by atoms with Crippen LogP contribution in [0.1, 0.15) is 25.0 Å². The molecule has 0 unspecified atom stereocenters. The van der Waals surface area contributed by atoms with Gasteiger partial charge in [0.1, 0.15) is 5.82 Å². The third-order valence-corrected chi connectivity index (χ3v) is 2.79. The Bertz CT molecular complexity index is 378. The summed E-state index contributed by atoms with van der Waals surface area (Å²) in [4.78, 5) is 6.80. The van der Waals surface area contributed by atoms with Crippen molar-refractivity contribution in [1.82, 2.24) is 19.7 Å². The van der Waals surface area contributed by atoms with Crippen LogP contribution in [-0.2, 0) is 6.54 Å². The largest absolute Gasteiger partial charge is 0.302 e. The topological polar surface area (TPSA) is 34.0 Å². The van der Waals surface area contributed by atoms with Gasteiger partial charge in [0.2, 0.25) is 0 Å². The zero-order valence-corrected chi connectivity index (χ0v) is 9.69. The molecule has 15 heavy (non-hydrogen) atoms. The van der Waals surface area contributed by atoms with E-state index in [0.29, 0.717) is 0 Å². The van der Waals surface area contributed by atoms with Gasteiger partial charge < -0.3 is 4.90 Å². The van der Waals surface area contributed by atoms with Crippen LogP contribution in [0.25, 0.3) is 5.57 Å². The van der Waals surface area contributed by atoms with Crippen LogP contribution in [0.4, 0.5) is 0 Å². The highest BCUT2D eigenvalue weighted by Crippen LogP contribution is 2.16. The van der Waals surface area contributed by atoms with Crippen molar-refractivity contribution in [2.24, 2.45) is 0 Å². The van der Waals surface area contributed by atoms with Gasteiger partial charge in [0.05, 0.1) is 0 Å². The summed E-state index contributed by atoms with van der Waals surface area (Å²) in [5.41, 5.74) is 1.26. The summed E-state index contributed by atoms with van der Waals surface area (Å²) in [7, 11) is 2.14. The van der Waals surface area contributed by atoms with Gasteiger partial charge in [-0.2, -0.15) is 5.10 Å². The summed E-state index contributed by atoms with van der Waals surface area (Å²) in [5.74, 6) is 1.91. The van der Waals surface area contributed by atoms with Crippen LogP contribution >= 0.6 is 0 Å². The van der Waals surface area contributed by atoms with Crippen LogP contribution in [0.2, 0.25) is 0 Å². The highest BCUT2D eigenvalue weighted by Gasteiger charge is 2.14. The highest BCUT2D eigenvalue weighted by molar-refractivity contribution is 5.61. The minimum atomic E-state index is 0.891. The minimum Gasteiger partial charge on any atom is -0.302 e. The van der Waals surface area contributed by atoms with E-state index in [1.165, 1.54) is 5.57 Å². The van der Waals surface area contributed by atoms with Crippen molar-refractivity contribution in [1.29, 1.82) is 0 Å². The minimum absolute atomic E-state index is 0.891. The third kappa shape index (κ3) is 2.09. The summed E-state index contributed by atoms with van der Waals surface area (Å²) in [6.45, 7) is 7.09. The quantitative estimate of drug-likeness (QED) is 0.732. The number of nitrogens with zero attached hydrogens (tertiary/aromatic N) is 4. The first-order valence-corrected chi connectivity index (χ1v) is 5.50. The predicted molar refractivity (Wildman–Crippen MR) is 60.5 cm³/mol. The van der Waals surface area contributed by atoms with Crippen LogP contribution in [0.15, 0.2) is 6.08 Å². The Morgan fingerprint density at radius 2 is 2.27 bits per heavy atom. The van der Waals surface area contributed by atoms with Crippen LogP contribution in [-0.4, -0.2) is 39.8 Å². The maximum absolute atomic E-state index is 4.50. The number of hydrogen-bond donors (Lipinski definition) is 0. The van der Waals surface area contributed by atoms with Gasteiger partial charge in [-0.05, 0) is 27.3 Å². The maximum Gasteiger partial charge on any atom is 0.178 e. The number of likely N-dealkylation sites (N-methyl/N-ethyl adjacent to an activating group) is 1. The molecule has 2 heterocycles. The predicted octanol–water partition coefficient (Wildman–Crippen LogP) is 1.33. The molecule has 82 valence electrons. The highest BCUT2D eigenvalue weighted by atomic mass is 15.3. The number of hydrogen-bond acceptors (Lipinski definition) is 3. The monoisotopic (exact) mass is 206 g/mol. The Morgan fingerprint density at radius 3 is 2.87 bits per heavy atom. The van der Waals surface area contributed by atoms with Crippen molar-refractivity contribution in [3.8, 4) is 0 Å². The summed E-state index contributed by atoms with van der Waals surface area (Å²) >= 11 is 0. The van der Waals surface area contributed by atoms with E-state index in [0.717, 1.165) is 37.7 Å².